The number of nitrogens with one attached hydrogen (secondary N) is 2. The molecule has 0 aliphatic heterocycles. The number of hydrogen-bond acceptors (Lipinski definition) is 3. The summed E-state index contributed by atoms with van der Waals surface area (Å²) in [5, 5.41) is 9.46. The average Bonchev–Trinajstić information content (AvgIpc) is 3.10. The number of hydrogen-bond donors (Lipinski definition) is 3. The number of para-hydroxylation sites is 1. The van der Waals surface area contributed by atoms with Crippen molar-refractivity contribution in [3.8, 4) is 5.75 Å². The van der Waals surface area contributed by atoms with Crippen LogP contribution < -0.4 is 10.9 Å². The lowest BCUT2D eigenvalue weighted by Crippen LogP contribution is -2.36. The van der Waals surface area contributed by atoms with Crippen molar-refractivity contribution in [2.24, 2.45) is 5.92 Å². The number of carbonyl (C=O) groups excluding carboxylic acids is 1. The Morgan fingerprint density at radius 2 is 2.00 bits per heavy atom. The maximum absolute atomic E-state index is 11.6. The standard InChI is InChI=1S/C12H14N2O2/c1-8(9-6-7-9)13-14-12(16)10-4-2-3-5-11(10)15/h2-5,9,13,15H,1,6-7H2,(H,14,16). The number of benzene rings is 1. The molecular weight excluding hydrogens is 204 g/mol. The fourth-order valence-electron chi connectivity index (χ4n) is 1.40. The molecule has 2 rings (SSSR count). The zero-order valence-corrected chi connectivity index (χ0v) is 8.86. The normalized spacial score (nSPS) is 14.2. The first-order valence-corrected chi connectivity index (χ1v) is 5.21. The van der Waals surface area contributed by atoms with Gasteiger partial charge in [-0.3, -0.25) is 10.2 Å². The Hall–Kier alpha value is -1.97. The summed E-state index contributed by atoms with van der Waals surface area (Å²) in [6.45, 7) is 3.82. The zero-order valence-electron chi connectivity index (χ0n) is 8.86. The predicted octanol–water partition coefficient (Wildman–Crippen LogP) is 1.55. The van der Waals surface area contributed by atoms with Gasteiger partial charge in [-0.05, 0) is 30.9 Å². The molecule has 84 valence electrons. The molecular formula is C12H14N2O2. The topological polar surface area (TPSA) is 61.4 Å². The van der Waals surface area contributed by atoms with Gasteiger partial charge in [-0.2, -0.15) is 0 Å². The fraction of sp³-hybridized carbons (Fsp3) is 0.250. The molecule has 1 saturated carbocycles. The van der Waals surface area contributed by atoms with Gasteiger partial charge < -0.3 is 10.5 Å². The molecule has 1 aromatic carbocycles. The Labute approximate surface area is 94.0 Å². The van der Waals surface area contributed by atoms with Crippen LogP contribution in [0.5, 0.6) is 5.75 Å². The highest BCUT2D eigenvalue weighted by molar-refractivity contribution is 5.96. The van der Waals surface area contributed by atoms with Crippen molar-refractivity contribution >= 4 is 5.91 Å². The summed E-state index contributed by atoms with van der Waals surface area (Å²) in [6.07, 6.45) is 2.25. The maximum Gasteiger partial charge on any atom is 0.273 e. The average molecular weight is 218 g/mol. The van der Waals surface area contributed by atoms with Gasteiger partial charge in [-0.1, -0.05) is 18.7 Å². The molecule has 4 heteroatoms. The van der Waals surface area contributed by atoms with E-state index < -0.39 is 0 Å². The summed E-state index contributed by atoms with van der Waals surface area (Å²) in [4.78, 5) is 11.6. The number of carbonyl (C=O) groups is 1. The van der Waals surface area contributed by atoms with E-state index in [1.165, 1.54) is 6.07 Å². The third kappa shape index (κ3) is 2.34. The van der Waals surface area contributed by atoms with Crippen molar-refractivity contribution < 1.29 is 9.90 Å². The van der Waals surface area contributed by atoms with E-state index in [1.54, 1.807) is 18.2 Å². The van der Waals surface area contributed by atoms with E-state index in [0.29, 0.717) is 5.92 Å². The second-order valence-corrected chi connectivity index (χ2v) is 3.90. The van der Waals surface area contributed by atoms with Crippen molar-refractivity contribution in [1.29, 1.82) is 0 Å². The van der Waals surface area contributed by atoms with Crippen molar-refractivity contribution in [2.45, 2.75) is 12.8 Å². The zero-order chi connectivity index (χ0) is 11.5. The molecule has 0 atom stereocenters. The third-order valence-electron chi connectivity index (χ3n) is 2.56. The van der Waals surface area contributed by atoms with Gasteiger partial charge in [0, 0.05) is 5.70 Å². The van der Waals surface area contributed by atoms with Crippen LogP contribution in [-0.4, -0.2) is 11.0 Å². The molecule has 1 amide bonds. The van der Waals surface area contributed by atoms with Gasteiger partial charge in [0.05, 0.1) is 5.56 Å². The second-order valence-electron chi connectivity index (χ2n) is 3.90. The van der Waals surface area contributed by atoms with Crippen molar-refractivity contribution in [3.05, 3.63) is 42.1 Å². The van der Waals surface area contributed by atoms with E-state index >= 15 is 0 Å². The SMILES string of the molecule is C=C(NNC(=O)c1ccccc1O)C1CC1. The van der Waals surface area contributed by atoms with Crippen LogP contribution in [-0.2, 0) is 0 Å². The molecule has 1 aliphatic rings. The maximum atomic E-state index is 11.6. The largest absolute Gasteiger partial charge is 0.507 e. The van der Waals surface area contributed by atoms with E-state index in [4.69, 9.17) is 0 Å². The monoisotopic (exact) mass is 218 g/mol. The van der Waals surface area contributed by atoms with Gasteiger partial charge in [-0.15, -0.1) is 0 Å². The molecule has 0 unspecified atom stereocenters. The number of phenols is 1. The molecule has 1 fully saturated rings. The summed E-state index contributed by atoms with van der Waals surface area (Å²) in [5.41, 5.74) is 6.35. The van der Waals surface area contributed by atoms with Crippen LogP contribution in [0.25, 0.3) is 0 Å². The van der Waals surface area contributed by atoms with Crippen LogP contribution in [0, 0.1) is 5.92 Å². The third-order valence-corrected chi connectivity index (χ3v) is 2.56. The number of phenolic OH excluding ortho intramolecular Hbond substituents is 1. The lowest BCUT2D eigenvalue weighted by atomic mass is 10.2. The van der Waals surface area contributed by atoms with Crippen LogP contribution in [0.1, 0.15) is 23.2 Å². The summed E-state index contributed by atoms with van der Waals surface area (Å²) in [7, 11) is 0. The first kappa shape index (κ1) is 10.5. The minimum absolute atomic E-state index is 0.0289. The Kier molecular flexibility index (Phi) is 2.81. The van der Waals surface area contributed by atoms with Crippen molar-refractivity contribution in [1.82, 2.24) is 10.9 Å². The van der Waals surface area contributed by atoms with E-state index in [1.807, 2.05) is 0 Å². The van der Waals surface area contributed by atoms with Crippen LogP contribution in [0.2, 0.25) is 0 Å². The van der Waals surface area contributed by atoms with Gasteiger partial charge in [0.1, 0.15) is 5.75 Å². The Bertz CT molecular complexity index is 425. The van der Waals surface area contributed by atoms with E-state index in [0.717, 1.165) is 18.5 Å². The second kappa shape index (κ2) is 4.26. The predicted molar refractivity (Wildman–Crippen MR) is 60.6 cm³/mol. The molecule has 3 N–H and O–H groups in total. The molecule has 1 aliphatic carbocycles. The minimum Gasteiger partial charge on any atom is -0.507 e. The number of rotatable bonds is 4. The van der Waals surface area contributed by atoms with Crippen LogP contribution in [0.15, 0.2) is 36.5 Å². The van der Waals surface area contributed by atoms with Crippen LogP contribution >= 0.6 is 0 Å². The first-order chi connectivity index (χ1) is 7.68. The Morgan fingerprint density at radius 3 is 2.62 bits per heavy atom. The molecule has 0 bridgehead atoms. The summed E-state index contributed by atoms with van der Waals surface area (Å²) < 4.78 is 0. The van der Waals surface area contributed by atoms with Gasteiger partial charge in [0.2, 0.25) is 0 Å². The highest BCUT2D eigenvalue weighted by Crippen LogP contribution is 2.33. The lowest BCUT2D eigenvalue weighted by Gasteiger charge is -2.10. The number of hydrazine groups is 1. The van der Waals surface area contributed by atoms with E-state index in [9.17, 15) is 9.90 Å². The molecule has 1 aromatic rings. The van der Waals surface area contributed by atoms with Crippen molar-refractivity contribution in [2.75, 3.05) is 0 Å². The molecule has 16 heavy (non-hydrogen) atoms. The molecule has 0 spiro atoms. The van der Waals surface area contributed by atoms with Gasteiger partial charge >= 0.3 is 0 Å². The van der Waals surface area contributed by atoms with Gasteiger partial charge in [-0.25, -0.2) is 0 Å². The smallest absolute Gasteiger partial charge is 0.273 e. The minimum atomic E-state index is -0.361. The van der Waals surface area contributed by atoms with E-state index in [-0.39, 0.29) is 17.2 Å². The summed E-state index contributed by atoms with van der Waals surface area (Å²) >= 11 is 0. The molecule has 0 saturated heterocycles. The first-order valence-electron chi connectivity index (χ1n) is 5.21. The van der Waals surface area contributed by atoms with Crippen LogP contribution in [0.3, 0.4) is 0 Å². The van der Waals surface area contributed by atoms with Gasteiger partial charge in [0.25, 0.3) is 5.91 Å². The summed E-state index contributed by atoms with van der Waals surface area (Å²) in [6, 6.07) is 6.41. The number of allylic oxidation sites excluding steroid dienone is 1. The molecule has 4 nitrogen and oxygen atoms in total. The number of aromatic hydroxyl groups is 1. The van der Waals surface area contributed by atoms with Crippen LogP contribution in [0.4, 0.5) is 0 Å². The molecule has 0 radical (unpaired) electrons. The number of amides is 1. The highest BCUT2D eigenvalue weighted by Gasteiger charge is 2.24. The van der Waals surface area contributed by atoms with Gasteiger partial charge in [0.15, 0.2) is 0 Å². The fourth-order valence-corrected chi connectivity index (χ4v) is 1.40. The summed E-state index contributed by atoms with van der Waals surface area (Å²) in [5.74, 6) is 0.0865. The van der Waals surface area contributed by atoms with E-state index in [2.05, 4.69) is 17.4 Å². The molecule has 0 aromatic heterocycles. The quantitative estimate of drug-likeness (QED) is 0.672. The highest BCUT2D eigenvalue weighted by atomic mass is 16.3. The Morgan fingerprint density at radius 1 is 1.31 bits per heavy atom. The lowest BCUT2D eigenvalue weighted by molar-refractivity contribution is 0.0935. The van der Waals surface area contributed by atoms with Crippen molar-refractivity contribution in [3.63, 3.8) is 0 Å². The Balaban J connectivity index is 1.92. The molecule has 0 heterocycles.